The average molecular weight is 360 g/mol. The maximum atomic E-state index is 12.8. The van der Waals surface area contributed by atoms with E-state index in [0.29, 0.717) is 22.2 Å². The third-order valence-electron chi connectivity index (χ3n) is 4.24. The van der Waals surface area contributed by atoms with E-state index >= 15 is 0 Å². The van der Waals surface area contributed by atoms with Crippen molar-refractivity contribution in [2.75, 3.05) is 7.05 Å². The monoisotopic (exact) mass is 360 g/mol. The van der Waals surface area contributed by atoms with Crippen LogP contribution in [0.15, 0.2) is 70.0 Å². The van der Waals surface area contributed by atoms with E-state index < -0.39 is 0 Å². The van der Waals surface area contributed by atoms with Gasteiger partial charge in [0.25, 0.3) is 11.5 Å². The number of carbonyl (C=O) groups is 1. The minimum absolute atomic E-state index is 0.101. The van der Waals surface area contributed by atoms with Crippen molar-refractivity contribution in [3.8, 4) is 11.3 Å². The standard InChI is InChI=1S/C20H16N4O3/c1-21-19(25)18-15-9-5-6-10-16(15)20(26)24(22-18)12-14-11-17(27-23-14)13-7-3-2-4-8-13/h2-11H,12H2,1H3,(H,21,25). The zero-order chi connectivity index (χ0) is 18.8. The van der Waals surface area contributed by atoms with E-state index in [0.717, 1.165) is 5.56 Å². The van der Waals surface area contributed by atoms with E-state index in [1.165, 1.54) is 11.7 Å². The molecular weight excluding hydrogens is 344 g/mol. The molecule has 0 saturated carbocycles. The van der Waals surface area contributed by atoms with Crippen molar-refractivity contribution in [2.24, 2.45) is 0 Å². The summed E-state index contributed by atoms with van der Waals surface area (Å²) in [5.74, 6) is 0.246. The van der Waals surface area contributed by atoms with Crippen LogP contribution in [0.2, 0.25) is 0 Å². The summed E-state index contributed by atoms with van der Waals surface area (Å²) < 4.78 is 6.61. The van der Waals surface area contributed by atoms with Gasteiger partial charge in [0.1, 0.15) is 5.69 Å². The summed E-state index contributed by atoms with van der Waals surface area (Å²) in [6.45, 7) is 0.101. The Hall–Kier alpha value is -3.74. The van der Waals surface area contributed by atoms with Gasteiger partial charge in [-0.15, -0.1) is 0 Å². The maximum Gasteiger partial charge on any atom is 0.275 e. The zero-order valence-electron chi connectivity index (χ0n) is 14.5. The summed E-state index contributed by atoms with van der Waals surface area (Å²) in [4.78, 5) is 25.0. The molecule has 4 rings (SSSR count). The molecule has 2 aromatic heterocycles. The lowest BCUT2D eigenvalue weighted by Gasteiger charge is -2.09. The molecule has 0 spiro atoms. The molecule has 0 bridgehead atoms. The molecular formula is C20H16N4O3. The van der Waals surface area contributed by atoms with Crippen molar-refractivity contribution in [1.82, 2.24) is 20.3 Å². The Morgan fingerprint density at radius 2 is 1.78 bits per heavy atom. The van der Waals surface area contributed by atoms with Crippen LogP contribution >= 0.6 is 0 Å². The molecule has 0 aliphatic carbocycles. The number of carbonyl (C=O) groups excluding carboxylic acids is 1. The van der Waals surface area contributed by atoms with Crippen LogP contribution in [-0.4, -0.2) is 27.9 Å². The van der Waals surface area contributed by atoms with Crippen molar-refractivity contribution < 1.29 is 9.32 Å². The summed E-state index contributed by atoms with van der Waals surface area (Å²) in [7, 11) is 1.53. The highest BCUT2D eigenvalue weighted by molar-refractivity contribution is 6.04. The Morgan fingerprint density at radius 1 is 1.07 bits per heavy atom. The number of rotatable bonds is 4. The number of nitrogens with zero attached hydrogens (tertiary/aromatic N) is 3. The van der Waals surface area contributed by atoms with Gasteiger partial charge < -0.3 is 9.84 Å². The van der Waals surface area contributed by atoms with Crippen molar-refractivity contribution in [2.45, 2.75) is 6.54 Å². The van der Waals surface area contributed by atoms with Crippen LogP contribution < -0.4 is 10.9 Å². The number of hydrogen-bond donors (Lipinski definition) is 1. The molecule has 0 radical (unpaired) electrons. The van der Waals surface area contributed by atoms with E-state index in [-0.39, 0.29) is 23.7 Å². The number of benzene rings is 2. The molecule has 7 nitrogen and oxygen atoms in total. The summed E-state index contributed by atoms with van der Waals surface area (Å²) in [5.41, 5.74) is 1.34. The van der Waals surface area contributed by atoms with Crippen LogP contribution in [-0.2, 0) is 6.54 Å². The molecule has 0 aliphatic rings. The van der Waals surface area contributed by atoms with Gasteiger partial charge in [0, 0.05) is 24.1 Å². The van der Waals surface area contributed by atoms with Gasteiger partial charge in [-0.25, -0.2) is 4.68 Å². The fourth-order valence-electron chi connectivity index (χ4n) is 2.91. The Kier molecular flexibility index (Phi) is 4.25. The van der Waals surface area contributed by atoms with E-state index in [1.807, 2.05) is 30.3 Å². The minimum atomic E-state index is -0.356. The highest BCUT2D eigenvalue weighted by atomic mass is 16.5. The summed E-state index contributed by atoms with van der Waals surface area (Å²) in [6, 6.07) is 18.2. The van der Waals surface area contributed by atoms with E-state index in [9.17, 15) is 9.59 Å². The van der Waals surface area contributed by atoms with Gasteiger partial charge in [-0.2, -0.15) is 5.10 Å². The fourth-order valence-corrected chi connectivity index (χ4v) is 2.91. The molecule has 1 N–H and O–H groups in total. The average Bonchev–Trinajstić information content (AvgIpc) is 3.19. The zero-order valence-corrected chi connectivity index (χ0v) is 14.5. The van der Waals surface area contributed by atoms with Gasteiger partial charge in [0.15, 0.2) is 11.5 Å². The number of aromatic nitrogens is 3. The maximum absolute atomic E-state index is 12.8. The molecule has 134 valence electrons. The van der Waals surface area contributed by atoms with Crippen molar-refractivity contribution >= 4 is 16.7 Å². The van der Waals surface area contributed by atoms with Crippen LogP contribution in [0.1, 0.15) is 16.2 Å². The first-order valence-electron chi connectivity index (χ1n) is 8.40. The molecule has 2 aromatic carbocycles. The highest BCUT2D eigenvalue weighted by Crippen LogP contribution is 2.20. The quantitative estimate of drug-likeness (QED) is 0.604. The molecule has 27 heavy (non-hydrogen) atoms. The lowest BCUT2D eigenvalue weighted by atomic mass is 10.1. The molecule has 0 atom stereocenters. The number of fused-ring (bicyclic) bond motifs is 1. The summed E-state index contributed by atoms with van der Waals surface area (Å²) >= 11 is 0. The molecule has 0 fully saturated rings. The van der Waals surface area contributed by atoms with Crippen molar-refractivity contribution in [3.05, 3.63) is 82.4 Å². The normalized spacial score (nSPS) is 10.9. The van der Waals surface area contributed by atoms with Crippen LogP contribution in [0.4, 0.5) is 0 Å². The van der Waals surface area contributed by atoms with Crippen LogP contribution in [0.25, 0.3) is 22.1 Å². The summed E-state index contributed by atoms with van der Waals surface area (Å²) in [6.07, 6.45) is 0. The Bertz CT molecular complexity index is 1180. The second-order valence-corrected chi connectivity index (χ2v) is 5.98. The SMILES string of the molecule is CNC(=O)c1nn(Cc2cc(-c3ccccc3)on2)c(=O)c2ccccc12. The molecule has 7 heteroatoms. The number of nitrogens with one attached hydrogen (secondary N) is 1. The fraction of sp³-hybridized carbons (Fsp3) is 0.100. The van der Waals surface area contributed by atoms with Gasteiger partial charge in [0.2, 0.25) is 0 Å². The van der Waals surface area contributed by atoms with Gasteiger partial charge in [-0.05, 0) is 6.07 Å². The van der Waals surface area contributed by atoms with E-state index in [4.69, 9.17) is 4.52 Å². The predicted octanol–water partition coefficient (Wildman–Crippen LogP) is 2.46. The van der Waals surface area contributed by atoms with Crippen LogP contribution in [0.3, 0.4) is 0 Å². The Balaban J connectivity index is 1.76. The number of hydrogen-bond acceptors (Lipinski definition) is 5. The largest absolute Gasteiger partial charge is 0.356 e. The predicted molar refractivity (Wildman–Crippen MR) is 100 cm³/mol. The number of amides is 1. The van der Waals surface area contributed by atoms with E-state index in [1.54, 1.807) is 30.3 Å². The van der Waals surface area contributed by atoms with Crippen LogP contribution in [0.5, 0.6) is 0 Å². The molecule has 0 unspecified atom stereocenters. The molecule has 4 aromatic rings. The Labute approximate surface area is 154 Å². The third kappa shape index (κ3) is 3.10. The van der Waals surface area contributed by atoms with Crippen LogP contribution in [0, 0.1) is 0 Å². The first-order valence-corrected chi connectivity index (χ1v) is 8.40. The van der Waals surface area contributed by atoms with Gasteiger partial charge in [-0.1, -0.05) is 53.7 Å². The second-order valence-electron chi connectivity index (χ2n) is 5.98. The lowest BCUT2D eigenvalue weighted by molar-refractivity contribution is 0.0957. The molecule has 2 heterocycles. The Morgan fingerprint density at radius 3 is 2.52 bits per heavy atom. The van der Waals surface area contributed by atoms with Crippen molar-refractivity contribution in [1.29, 1.82) is 0 Å². The van der Waals surface area contributed by atoms with E-state index in [2.05, 4.69) is 15.6 Å². The van der Waals surface area contributed by atoms with Gasteiger partial charge in [0.05, 0.1) is 11.9 Å². The topological polar surface area (TPSA) is 90.0 Å². The highest BCUT2D eigenvalue weighted by Gasteiger charge is 2.16. The molecule has 1 amide bonds. The molecule has 0 saturated heterocycles. The minimum Gasteiger partial charge on any atom is -0.356 e. The smallest absolute Gasteiger partial charge is 0.275 e. The lowest BCUT2D eigenvalue weighted by Crippen LogP contribution is -2.29. The first kappa shape index (κ1) is 16.7. The summed E-state index contributed by atoms with van der Waals surface area (Å²) in [5, 5.41) is 11.8. The first-order chi connectivity index (χ1) is 13.2. The van der Waals surface area contributed by atoms with Crippen molar-refractivity contribution in [3.63, 3.8) is 0 Å². The second kappa shape index (κ2) is 6.87. The third-order valence-corrected chi connectivity index (χ3v) is 4.24. The van der Waals surface area contributed by atoms with Gasteiger partial charge in [-0.3, -0.25) is 9.59 Å². The van der Waals surface area contributed by atoms with Gasteiger partial charge >= 0.3 is 0 Å². The molecule has 0 aliphatic heterocycles.